The number of aryl methyl sites for hydroxylation is 1. The summed E-state index contributed by atoms with van der Waals surface area (Å²) in [5.74, 6) is 0.682. The first kappa shape index (κ1) is 17.4. The molecule has 0 unspecified atom stereocenters. The van der Waals surface area contributed by atoms with Crippen molar-refractivity contribution >= 4 is 17.5 Å². The largest absolute Gasteiger partial charge is 0.503 e. The van der Waals surface area contributed by atoms with Crippen LogP contribution in [0.5, 0.6) is 17.2 Å². The predicted molar refractivity (Wildman–Crippen MR) is 95.7 cm³/mol. The van der Waals surface area contributed by atoms with Crippen molar-refractivity contribution in [3.05, 3.63) is 52.0 Å². The Hall–Kier alpha value is -2.40. The normalized spacial score (nSPS) is 13.6. The van der Waals surface area contributed by atoms with E-state index in [9.17, 15) is 9.90 Å². The molecule has 0 fully saturated rings. The molecule has 0 spiro atoms. The minimum Gasteiger partial charge on any atom is -0.503 e. The summed E-state index contributed by atoms with van der Waals surface area (Å²) in [5, 5.41) is 10.0. The Morgan fingerprint density at radius 3 is 2.92 bits per heavy atom. The zero-order chi connectivity index (χ0) is 18.0. The fraction of sp³-hybridized carbons (Fsp3) is 0.316. The van der Waals surface area contributed by atoms with Crippen LogP contribution in [0.1, 0.15) is 28.4 Å². The highest BCUT2D eigenvalue weighted by Crippen LogP contribution is 2.36. The van der Waals surface area contributed by atoms with Crippen molar-refractivity contribution in [1.29, 1.82) is 0 Å². The average Bonchev–Trinajstić information content (AvgIpc) is 2.80. The van der Waals surface area contributed by atoms with Gasteiger partial charge in [-0.15, -0.1) is 0 Å². The van der Waals surface area contributed by atoms with Crippen molar-refractivity contribution in [3.8, 4) is 17.2 Å². The van der Waals surface area contributed by atoms with E-state index in [2.05, 4.69) is 0 Å². The van der Waals surface area contributed by atoms with Crippen LogP contribution in [0.25, 0.3) is 0 Å². The highest BCUT2D eigenvalue weighted by molar-refractivity contribution is 6.32. The summed E-state index contributed by atoms with van der Waals surface area (Å²) in [6, 6.07) is 8.94. The van der Waals surface area contributed by atoms with E-state index in [0.717, 1.165) is 16.9 Å². The summed E-state index contributed by atoms with van der Waals surface area (Å²) in [6.07, 6.45) is 0. The molecule has 1 aliphatic rings. The Kier molecular flexibility index (Phi) is 5.04. The molecule has 132 valence electrons. The third-order valence-corrected chi connectivity index (χ3v) is 4.35. The predicted octanol–water partition coefficient (Wildman–Crippen LogP) is 3.79. The second-order valence-corrected chi connectivity index (χ2v) is 6.33. The van der Waals surface area contributed by atoms with E-state index in [1.54, 1.807) is 11.8 Å². The maximum Gasteiger partial charge on any atom is 0.254 e. The topological polar surface area (TPSA) is 59.0 Å². The molecule has 1 N–H and O–H groups in total. The molecule has 1 aliphatic heterocycles. The highest BCUT2D eigenvalue weighted by Gasteiger charge is 2.23. The number of carbonyl (C=O) groups excluding carboxylic acids is 1. The van der Waals surface area contributed by atoms with Crippen LogP contribution in [-0.2, 0) is 6.54 Å². The lowest BCUT2D eigenvalue weighted by molar-refractivity contribution is 0.0732. The quantitative estimate of drug-likeness (QED) is 0.903. The molecule has 0 bridgehead atoms. The van der Waals surface area contributed by atoms with Gasteiger partial charge >= 0.3 is 0 Å². The van der Waals surface area contributed by atoms with Crippen LogP contribution in [0.2, 0.25) is 5.02 Å². The first-order valence-corrected chi connectivity index (χ1v) is 8.54. The van der Waals surface area contributed by atoms with Gasteiger partial charge in [-0.25, -0.2) is 0 Å². The van der Waals surface area contributed by atoms with Crippen molar-refractivity contribution in [2.45, 2.75) is 20.4 Å². The number of hydrogen-bond donors (Lipinski definition) is 1. The molecule has 1 heterocycles. The van der Waals surface area contributed by atoms with Crippen LogP contribution in [-0.4, -0.2) is 35.7 Å². The standard InChI is InChI=1S/C19H20ClNO4/c1-3-24-17-10-13(9-15(20)18(17)22)19(23)21-6-7-25-16-5-4-12(2)8-14(16)11-21/h4-5,8-10,22H,3,6-7,11H2,1-2H3. The monoisotopic (exact) mass is 361 g/mol. The molecular weight excluding hydrogens is 342 g/mol. The number of aromatic hydroxyl groups is 1. The second kappa shape index (κ2) is 7.23. The van der Waals surface area contributed by atoms with Crippen LogP contribution in [0.4, 0.5) is 0 Å². The maximum absolute atomic E-state index is 12.9. The summed E-state index contributed by atoms with van der Waals surface area (Å²) >= 11 is 6.05. The van der Waals surface area contributed by atoms with Gasteiger partial charge in [0.2, 0.25) is 0 Å². The van der Waals surface area contributed by atoms with E-state index < -0.39 is 0 Å². The van der Waals surface area contributed by atoms with Gasteiger partial charge in [0, 0.05) is 17.7 Å². The maximum atomic E-state index is 12.9. The third kappa shape index (κ3) is 3.66. The van der Waals surface area contributed by atoms with Crippen molar-refractivity contribution in [1.82, 2.24) is 4.90 Å². The number of amides is 1. The van der Waals surface area contributed by atoms with Gasteiger partial charge in [-0.05, 0) is 32.0 Å². The lowest BCUT2D eigenvalue weighted by Gasteiger charge is -2.21. The zero-order valence-corrected chi connectivity index (χ0v) is 15.0. The zero-order valence-electron chi connectivity index (χ0n) is 14.2. The third-order valence-electron chi connectivity index (χ3n) is 4.06. The van der Waals surface area contributed by atoms with Crippen LogP contribution in [0.3, 0.4) is 0 Å². The highest BCUT2D eigenvalue weighted by atomic mass is 35.5. The van der Waals surface area contributed by atoms with Crippen molar-refractivity contribution in [2.24, 2.45) is 0 Å². The molecule has 0 saturated carbocycles. The fourth-order valence-corrected chi connectivity index (χ4v) is 3.05. The van der Waals surface area contributed by atoms with Gasteiger partial charge in [-0.2, -0.15) is 0 Å². The van der Waals surface area contributed by atoms with Gasteiger partial charge in [0.25, 0.3) is 5.91 Å². The van der Waals surface area contributed by atoms with E-state index >= 15 is 0 Å². The van der Waals surface area contributed by atoms with E-state index in [0.29, 0.717) is 31.9 Å². The molecule has 0 saturated heterocycles. The Morgan fingerprint density at radius 2 is 2.16 bits per heavy atom. The molecule has 2 aromatic rings. The Morgan fingerprint density at radius 1 is 1.36 bits per heavy atom. The smallest absolute Gasteiger partial charge is 0.254 e. The number of benzene rings is 2. The van der Waals surface area contributed by atoms with E-state index in [1.165, 1.54) is 12.1 Å². The van der Waals surface area contributed by atoms with E-state index in [4.69, 9.17) is 21.1 Å². The molecule has 25 heavy (non-hydrogen) atoms. The van der Waals surface area contributed by atoms with E-state index in [1.807, 2.05) is 25.1 Å². The molecule has 6 heteroatoms. The van der Waals surface area contributed by atoms with Gasteiger partial charge in [0.1, 0.15) is 12.4 Å². The van der Waals surface area contributed by atoms with Crippen molar-refractivity contribution in [3.63, 3.8) is 0 Å². The van der Waals surface area contributed by atoms with Crippen LogP contribution in [0.15, 0.2) is 30.3 Å². The number of hydrogen-bond acceptors (Lipinski definition) is 4. The summed E-state index contributed by atoms with van der Waals surface area (Å²) < 4.78 is 11.1. The van der Waals surface area contributed by atoms with E-state index in [-0.39, 0.29) is 22.4 Å². The number of carbonyl (C=O) groups is 1. The number of phenols is 1. The van der Waals surface area contributed by atoms with Gasteiger partial charge in [-0.1, -0.05) is 29.3 Å². The SMILES string of the molecule is CCOc1cc(C(=O)N2CCOc3ccc(C)cc3C2)cc(Cl)c1O. The Bertz CT molecular complexity index is 806. The number of fused-ring (bicyclic) bond motifs is 1. The number of phenolic OH excluding ortho intramolecular Hbond substituents is 1. The lowest BCUT2D eigenvalue weighted by atomic mass is 10.1. The summed E-state index contributed by atoms with van der Waals surface area (Å²) in [4.78, 5) is 14.7. The van der Waals surface area contributed by atoms with Crippen molar-refractivity contribution in [2.75, 3.05) is 19.8 Å². The second-order valence-electron chi connectivity index (χ2n) is 5.92. The van der Waals surface area contributed by atoms with Crippen LogP contribution in [0, 0.1) is 6.92 Å². The number of halogens is 1. The van der Waals surface area contributed by atoms with Crippen LogP contribution >= 0.6 is 11.6 Å². The lowest BCUT2D eigenvalue weighted by Crippen LogP contribution is -2.32. The number of nitrogens with zero attached hydrogens (tertiary/aromatic N) is 1. The van der Waals surface area contributed by atoms with Crippen LogP contribution < -0.4 is 9.47 Å². The first-order chi connectivity index (χ1) is 12.0. The summed E-state index contributed by atoms with van der Waals surface area (Å²) in [6.45, 7) is 5.52. The minimum absolute atomic E-state index is 0.0941. The molecule has 5 nitrogen and oxygen atoms in total. The average molecular weight is 362 g/mol. The van der Waals surface area contributed by atoms with Crippen molar-refractivity contribution < 1.29 is 19.4 Å². The van der Waals surface area contributed by atoms with Gasteiger partial charge in [-0.3, -0.25) is 4.79 Å². The van der Waals surface area contributed by atoms with Gasteiger partial charge < -0.3 is 19.5 Å². The first-order valence-electron chi connectivity index (χ1n) is 8.16. The summed E-state index contributed by atoms with van der Waals surface area (Å²) in [7, 11) is 0. The molecule has 2 aromatic carbocycles. The van der Waals surface area contributed by atoms with Gasteiger partial charge in [0.05, 0.1) is 18.2 Å². The summed E-state index contributed by atoms with van der Waals surface area (Å²) in [5.41, 5.74) is 2.46. The molecule has 0 aliphatic carbocycles. The van der Waals surface area contributed by atoms with Gasteiger partial charge in [0.15, 0.2) is 11.5 Å². The Balaban J connectivity index is 1.90. The molecular formula is C19H20ClNO4. The number of ether oxygens (including phenoxy) is 2. The molecule has 1 amide bonds. The number of rotatable bonds is 3. The molecule has 0 radical (unpaired) electrons. The minimum atomic E-state index is -0.180. The molecule has 3 rings (SSSR count). The molecule has 0 atom stereocenters. The fourth-order valence-electron chi connectivity index (χ4n) is 2.84. The Labute approximate surface area is 151 Å². The molecule has 0 aromatic heterocycles.